The van der Waals surface area contributed by atoms with Crippen LogP contribution in [0.25, 0.3) is 0 Å². The number of hydrogen-bond donors (Lipinski definition) is 1. The molecule has 0 aliphatic heterocycles. The van der Waals surface area contributed by atoms with Crippen LogP contribution in [0.1, 0.15) is 20.3 Å². The number of methoxy groups -OCH3 is 2. The molecule has 0 rings (SSSR count). The molecule has 6 nitrogen and oxygen atoms in total. The zero-order valence-electron chi connectivity index (χ0n) is 11.7. The second-order valence-electron chi connectivity index (χ2n) is 4.98. The van der Waals surface area contributed by atoms with E-state index in [-0.39, 0.29) is 30.4 Å². The van der Waals surface area contributed by atoms with E-state index in [1.165, 1.54) is 14.2 Å². The number of esters is 2. The third-order valence-electron chi connectivity index (χ3n) is 2.82. The summed E-state index contributed by atoms with van der Waals surface area (Å²) in [5, 5.41) is 0. The first-order valence-corrected chi connectivity index (χ1v) is 5.90. The van der Waals surface area contributed by atoms with Crippen molar-refractivity contribution in [1.29, 1.82) is 0 Å². The highest BCUT2D eigenvalue weighted by Crippen LogP contribution is 2.18. The minimum absolute atomic E-state index is 0.0233. The van der Waals surface area contributed by atoms with Crippen molar-refractivity contribution in [2.45, 2.75) is 20.3 Å². The van der Waals surface area contributed by atoms with Gasteiger partial charge in [0.25, 0.3) is 0 Å². The summed E-state index contributed by atoms with van der Waals surface area (Å²) in [7, 11) is 2.64. The molecule has 0 aliphatic rings. The van der Waals surface area contributed by atoms with Crippen LogP contribution in [0.15, 0.2) is 0 Å². The SMILES string of the molecule is COC(=O)CN(CCC(C)(C)CN)CC(=O)OC. The first-order chi connectivity index (χ1) is 8.34. The molecule has 0 fully saturated rings. The molecular weight excluding hydrogens is 236 g/mol. The summed E-state index contributed by atoms with van der Waals surface area (Å²) < 4.78 is 9.19. The summed E-state index contributed by atoms with van der Waals surface area (Å²) in [5.74, 6) is -0.742. The van der Waals surface area contributed by atoms with Crippen molar-refractivity contribution < 1.29 is 19.1 Å². The van der Waals surface area contributed by atoms with Crippen molar-refractivity contribution in [3.05, 3.63) is 0 Å². The van der Waals surface area contributed by atoms with E-state index < -0.39 is 0 Å². The zero-order valence-corrected chi connectivity index (χ0v) is 11.7. The maximum absolute atomic E-state index is 11.2. The molecule has 0 bridgehead atoms. The van der Waals surface area contributed by atoms with Crippen molar-refractivity contribution in [2.75, 3.05) is 40.4 Å². The predicted octanol–water partition coefficient (Wildman–Crippen LogP) is 0.00940. The highest BCUT2D eigenvalue weighted by Gasteiger charge is 2.20. The zero-order chi connectivity index (χ0) is 14.2. The Bertz CT molecular complexity index is 261. The summed E-state index contributed by atoms with van der Waals surface area (Å²) in [4.78, 5) is 24.2. The van der Waals surface area contributed by atoms with Gasteiger partial charge in [-0.1, -0.05) is 13.8 Å². The van der Waals surface area contributed by atoms with E-state index in [9.17, 15) is 9.59 Å². The standard InChI is InChI=1S/C12H24N2O4/c1-12(2,9-13)5-6-14(7-10(15)17-3)8-11(16)18-4/h5-9,13H2,1-4H3. The molecule has 0 aliphatic carbocycles. The van der Waals surface area contributed by atoms with Gasteiger partial charge in [-0.25, -0.2) is 0 Å². The number of hydrogen-bond acceptors (Lipinski definition) is 6. The van der Waals surface area contributed by atoms with Gasteiger partial charge in [-0.3, -0.25) is 14.5 Å². The molecule has 0 heterocycles. The number of nitrogens with two attached hydrogens (primary N) is 1. The molecule has 0 aromatic carbocycles. The molecule has 0 saturated carbocycles. The maximum atomic E-state index is 11.2. The van der Waals surface area contributed by atoms with Crippen LogP contribution >= 0.6 is 0 Å². The van der Waals surface area contributed by atoms with Crippen molar-refractivity contribution in [3.63, 3.8) is 0 Å². The molecule has 18 heavy (non-hydrogen) atoms. The first-order valence-electron chi connectivity index (χ1n) is 5.90. The number of carbonyl (C=O) groups is 2. The van der Waals surface area contributed by atoms with Crippen molar-refractivity contribution in [2.24, 2.45) is 11.1 Å². The lowest BCUT2D eigenvalue weighted by Gasteiger charge is -2.27. The van der Waals surface area contributed by atoms with Crippen molar-refractivity contribution in [3.8, 4) is 0 Å². The van der Waals surface area contributed by atoms with E-state index in [4.69, 9.17) is 5.73 Å². The monoisotopic (exact) mass is 260 g/mol. The molecule has 0 amide bonds. The number of nitrogens with zero attached hydrogens (tertiary/aromatic N) is 1. The summed E-state index contributed by atoms with van der Waals surface area (Å²) in [5.41, 5.74) is 5.62. The highest BCUT2D eigenvalue weighted by atomic mass is 16.5. The molecular formula is C12H24N2O4. The van der Waals surface area contributed by atoms with Crippen LogP contribution in [-0.4, -0.2) is 57.2 Å². The Labute approximate surface area is 108 Å². The van der Waals surface area contributed by atoms with Gasteiger partial charge < -0.3 is 15.2 Å². The topological polar surface area (TPSA) is 81.9 Å². The number of ether oxygens (including phenoxy) is 2. The van der Waals surface area contributed by atoms with Crippen LogP contribution in [0.2, 0.25) is 0 Å². The Morgan fingerprint density at radius 1 is 1.11 bits per heavy atom. The molecule has 2 N–H and O–H groups in total. The molecule has 0 saturated heterocycles. The minimum atomic E-state index is -0.371. The molecule has 106 valence electrons. The lowest BCUT2D eigenvalue weighted by Crippen LogP contribution is -2.38. The molecule has 0 aromatic heterocycles. The fraction of sp³-hybridized carbons (Fsp3) is 0.833. The second-order valence-corrected chi connectivity index (χ2v) is 4.98. The normalized spacial score (nSPS) is 11.4. The Morgan fingerprint density at radius 2 is 1.56 bits per heavy atom. The summed E-state index contributed by atoms with van der Waals surface area (Å²) in [6.45, 7) is 5.38. The first kappa shape index (κ1) is 16.9. The van der Waals surface area contributed by atoms with E-state index in [1.807, 2.05) is 13.8 Å². The number of carbonyl (C=O) groups excluding carboxylic acids is 2. The Balaban J connectivity index is 4.37. The van der Waals surface area contributed by atoms with Gasteiger partial charge in [0, 0.05) is 0 Å². The molecule has 0 spiro atoms. The summed E-state index contributed by atoms with van der Waals surface area (Å²) in [6.07, 6.45) is 0.789. The van der Waals surface area contributed by atoms with E-state index in [1.54, 1.807) is 4.90 Å². The summed E-state index contributed by atoms with van der Waals surface area (Å²) >= 11 is 0. The van der Waals surface area contributed by atoms with E-state index >= 15 is 0 Å². The summed E-state index contributed by atoms with van der Waals surface area (Å²) in [6, 6.07) is 0. The average molecular weight is 260 g/mol. The van der Waals surface area contributed by atoms with Gasteiger partial charge in [-0.2, -0.15) is 0 Å². The fourth-order valence-electron chi connectivity index (χ4n) is 1.27. The predicted molar refractivity (Wildman–Crippen MR) is 67.9 cm³/mol. The van der Waals surface area contributed by atoms with Gasteiger partial charge >= 0.3 is 11.9 Å². The Hall–Kier alpha value is -1.14. The van der Waals surface area contributed by atoms with E-state index in [0.29, 0.717) is 13.1 Å². The van der Waals surface area contributed by atoms with Gasteiger partial charge in [0.1, 0.15) is 0 Å². The van der Waals surface area contributed by atoms with Crippen LogP contribution in [0, 0.1) is 5.41 Å². The smallest absolute Gasteiger partial charge is 0.319 e. The molecule has 0 aromatic rings. The van der Waals surface area contributed by atoms with Gasteiger partial charge in [-0.05, 0) is 24.9 Å². The van der Waals surface area contributed by atoms with Gasteiger partial charge in [-0.15, -0.1) is 0 Å². The largest absolute Gasteiger partial charge is 0.468 e. The number of rotatable bonds is 8. The van der Waals surface area contributed by atoms with Crippen molar-refractivity contribution in [1.82, 2.24) is 4.90 Å². The van der Waals surface area contributed by atoms with Crippen molar-refractivity contribution >= 4 is 11.9 Å². The fourth-order valence-corrected chi connectivity index (χ4v) is 1.27. The molecule has 0 unspecified atom stereocenters. The third-order valence-corrected chi connectivity index (χ3v) is 2.82. The van der Waals surface area contributed by atoms with Gasteiger partial charge in [0.2, 0.25) is 0 Å². The Kier molecular flexibility index (Phi) is 7.54. The molecule has 0 atom stereocenters. The molecule has 0 radical (unpaired) electrons. The maximum Gasteiger partial charge on any atom is 0.319 e. The lowest BCUT2D eigenvalue weighted by molar-refractivity contribution is -0.145. The van der Waals surface area contributed by atoms with E-state index in [2.05, 4.69) is 9.47 Å². The second kappa shape index (κ2) is 8.05. The minimum Gasteiger partial charge on any atom is -0.468 e. The van der Waals surface area contributed by atoms with Crippen LogP contribution < -0.4 is 5.73 Å². The van der Waals surface area contributed by atoms with Crippen LogP contribution in [-0.2, 0) is 19.1 Å². The van der Waals surface area contributed by atoms with Crippen LogP contribution in [0.4, 0.5) is 0 Å². The molecule has 6 heteroatoms. The third kappa shape index (κ3) is 7.24. The van der Waals surface area contributed by atoms with Gasteiger partial charge in [0.15, 0.2) is 0 Å². The average Bonchev–Trinajstić information content (AvgIpc) is 2.35. The lowest BCUT2D eigenvalue weighted by atomic mass is 9.89. The quantitative estimate of drug-likeness (QED) is 0.619. The van der Waals surface area contributed by atoms with Crippen LogP contribution in [0.3, 0.4) is 0 Å². The van der Waals surface area contributed by atoms with Gasteiger partial charge in [0.05, 0.1) is 27.3 Å². The van der Waals surface area contributed by atoms with Crippen LogP contribution in [0.5, 0.6) is 0 Å². The van der Waals surface area contributed by atoms with E-state index in [0.717, 1.165) is 6.42 Å². The Morgan fingerprint density at radius 3 is 1.89 bits per heavy atom. The highest BCUT2D eigenvalue weighted by molar-refractivity contribution is 5.74.